The van der Waals surface area contributed by atoms with Crippen LogP contribution in [0.5, 0.6) is 0 Å². The zero-order valence-corrected chi connectivity index (χ0v) is 14.1. The SMILES string of the molecule is CCC1(CC)OC(N)=C(C#N)C1(c1ccccc1)c1ccccc1. The van der Waals surface area contributed by atoms with E-state index in [2.05, 4.69) is 44.2 Å². The van der Waals surface area contributed by atoms with Crippen LogP contribution in [0.4, 0.5) is 0 Å². The molecule has 2 aromatic carbocycles. The van der Waals surface area contributed by atoms with Crippen molar-refractivity contribution in [1.29, 1.82) is 5.26 Å². The molecule has 0 spiro atoms. The Hall–Kier alpha value is -2.73. The molecule has 0 saturated carbocycles. The van der Waals surface area contributed by atoms with E-state index in [-0.39, 0.29) is 5.88 Å². The van der Waals surface area contributed by atoms with Gasteiger partial charge < -0.3 is 10.5 Å². The van der Waals surface area contributed by atoms with Crippen molar-refractivity contribution in [2.24, 2.45) is 5.73 Å². The molecular formula is C21H22N2O. The number of hydrogen-bond donors (Lipinski definition) is 1. The van der Waals surface area contributed by atoms with E-state index in [1.54, 1.807) is 0 Å². The van der Waals surface area contributed by atoms with Crippen LogP contribution in [0.25, 0.3) is 0 Å². The maximum Gasteiger partial charge on any atom is 0.200 e. The predicted octanol–water partition coefficient (Wildman–Crippen LogP) is 4.26. The lowest BCUT2D eigenvalue weighted by molar-refractivity contribution is -0.0187. The average Bonchev–Trinajstić information content (AvgIpc) is 2.92. The van der Waals surface area contributed by atoms with Crippen LogP contribution in [0, 0.1) is 11.3 Å². The number of nitrogens with zero attached hydrogens (tertiary/aromatic N) is 1. The van der Waals surface area contributed by atoms with Gasteiger partial charge in [-0.25, -0.2) is 0 Å². The second-order valence-electron chi connectivity index (χ2n) is 6.14. The quantitative estimate of drug-likeness (QED) is 0.916. The summed E-state index contributed by atoms with van der Waals surface area (Å²) in [5.41, 5.74) is 7.51. The molecule has 0 atom stereocenters. The smallest absolute Gasteiger partial charge is 0.200 e. The normalized spacial score (nSPS) is 18.0. The maximum atomic E-state index is 9.95. The molecule has 1 aliphatic rings. The fourth-order valence-corrected chi connectivity index (χ4v) is 4.17. The molecule has 122 valence electrons. The zero-order valence-electron chi connectivity index (χ0n) is 14.1. The third kappa shape index (κ3) is 1.96. The predicted molar refractivity (Wildman–Crippen MR) is 94.9 cm³/mol. The van der Waals surface area contributed by atoms with E-state index < -0.39 is 11.0 Å². The molecule has 1 aliphatic heterocycles. The van der Waals surface area contributed by atoms with E-state index in [1.165, 1.54) is 0 Å². The van der Waals surface area contributed by atoms with Gasteiger partial charge in [-0.15, -0.1) is 0 Å². The van der Waals surface area contributed by atoms with Gasteiger partial charge in [-0.2, -0.15) is 5.26 Å². The Kier molecular flexibility index (Phi) is 4.07. The van der Waals surface area contributed by atoms with Crippen molar-refractivity contribution in [3.8, 4) is 6.07 Å². The molecule has 0 saturated heterocycles. The highest BCUT2D eigenvalue weighted by Crippen LogP contribution is 2.57. The molecule has 0 bridgehead atoms. The van der Waals surface area contributed by atoms with Crippen molar-refractivity contribution in [1.82, 2.24) is 0 Å². The second kappa shape index (κ2) is 6.05. The molecular weight excluding hydrogens is 296 g/mol. The van der Waals surface area contributed by atoms with E-state index in [1.807, 2.05) is 36.4 Å². The Morgan fingerprint density at radius 1 is 0.917 bits per heavy atom. The third-order valence-corrected chi connectivity index (χ3v) is 5.28. The molecule has 24 heavy (non-hydrogen) atoms. The Labute approximate surface area is 143 Å². The first-order valence-corrected chi connectivity index (χ1v) is 8.36. The van der Waals surface area contributed by atoms with E-state index in [0.717, 1.165) is 24.0 Å². The van der Waals surface area contributed by atoms with Crippen molar-refractivity contribution in [3.05, 3.63) is 83.2 Å². The summed E-state index contributed by atoms with van der Waals surface area (Å²) < 4.78 is 6.21. The lowest BCUT2D eigenvalue weighted by atomic mass is 9.58. The van der Waals surface area contributed by atoms with Crippen LogP contribution in [-0.4, -0.2) is 5.60 Å². The van der Waals surface area contributed by atoms with Crippen LogP contribution >= 0.6 is 0 Å². The fourth-order valence-electron chi connectivity index (χ4n) is 4.17. The minimum Gasteiger partial charge on any atom is -0.470 e. The van der Waals surface area contributed by atoms with E-state index in [0.29, 0.717) is 5.57 Å². The largest absolute Gasteiger partial charge is 0.470 e. The Bertz CT molecular complexity index is 744. The fraction of sp³-hybridized carbons (Fsp3) is 0.286. The molecule has 0 aliphatic carbocycles. The summed E-state index contributed by atoms with van der Waals surface area (Å²) in [4.78, 5) is 0. The molecule has 2 aromatic rings. The molecule has 3 rings (SSSR count). The number of hydrogen-bond acceptors (Lipinski definition) is 3. The highest BCUT2D eigenvalue weighted by molar-refractivity contribution is 5.60. The first-order valence-electron chi connectivity index (χ1n) is 8.36. The summed E-state index contributed by atoms with van der Waals surface area (Å²) in [5, 5.41) is 9.95. The third-order valence-electron chi connectivity index (χ3n) is 5.28. The summed E-state index contributed by atoms with van der Waals surface area (Å²) in [6.07, 6.45) is 1.50. The van der Waals surface area contributed by atoms with E-state index in [4.69, 9.17) is 10.5 Å². The number of nitrogens with two attached hydrogens (primary N) is 1. The molecule has 3 heteroatoms. The number of rotatable bonds is 4. The molecule has 2 N–H and O–H groups in total. The van der Waals surface area contributed by atoms with E-state index in [9.17, 15) is 5.26 Å². The van der Waals surface area contributed by atoms with Gasteiger partial charge in [0.15, 0.2) is 5.88 Å². The minimum atomic E-state index is -0.697. The van der Waals surface area contributed by atoms with Crippen LogP contribution in [0.15, 0.2) is 72.1 Å². The lowest BCUT2D eigenvalue weighted by Gasteiger charge is -2.45. The zero-order chi connectivity index (χ0) is 17.2. The Balaban J connectivity index is 2.45. The van der Waals surface area contributed by atoms with Gasteiger partial charge >= 0.3 is 0 Å². The Morgan fingerprint density at radius 2 is 1.38 bits per heavy atom. The van der Waals surface area contributed by atoms with Crippen LogP contribution in [0.2, 0.25) is 0 Å². The summed E-state index contributed by atoms with van der Waals surface area (Å²) in [7, 11) is 0. The van der Waals surface area contributed by atoms with Crippen molar-refractivity contribution >= 4 is 0 Å². The standard InChI is InChI=1S/C21H22N2O/c1-3-20(4-2)21(16-11-7-5-8-12-16,17-13-9-6-10-14-17)18(15-22)19(23)24-20/h5-14H,3-4,23H2,1-2H3. The highest BCUT2D eigenvalue weighted by atomic mass is 16.5. The van der Waals surface area contributed by atoms with Crippen molar-refractivity contribution in [3.63, 3.8) is 0 Å². The van der Waals surface area contributed by atoms with Crippen molar-refractivity contribution in [2.45, 2.75) is 37.7 Å². The number of nitriles is 1. The topological polar surface area (TPSA) is 59.0 Å². The van der Waals surface area contributed by atoms with Crippen LogP contribution in [0.1, 0.15) is 37.8 Å². The number of ether oxygens (including phenoxy) is 1. The van der Waals surface area contributed by atoms with Crippen LogP contribution < -0.4 is 5.73 Å². The van der Waals surface area contributed by atoms with Gasteiger partial charge in [-0.05, 0) is 24.0 Å². The van der Waals surface area contributed by atoms with Gasteiger partial charge in [0.25, 0.3) is 0 Å². The first-order chi connectivity index (χ1) is 11.7. The van der Waals surface area contributed by atoms with Gasteiger partial charge in [-0.1, -0.05) is 74.5 Å². The second-order valence-corrected chi connectivity index (χ2v) is 6.14. The van der Waals surface area contributed by atoms with Crippen LogP contribution in [-0.2, 0) is 10.2 Å². The molecule has 0 unspecified atom stereocenters. The summed E-state index contributed by atoms with van der Waals surface area (Å²) in [6.45, 7) is 4.19. The van der Waals surface area contributed by atoms with Crippen molar-refractivity contribution in [2.75, 3.05) is 0 Å². The van der Waals surface area contributed by atoms with Crippen LogP contribution in [0.3, 0.4) is 0 Å². The summed E-state index contributed by atoms with van der Waals surface area (Å²) in [6, 6.07) is 22.6. The Morgan fingerprint density at radius 3 is 1.75 bits per heavy atom. The summed E-state index contributed by atoms with van der Waals surface area (Å²) >= 11 is 0. The summed E-state index contributed by atoms with van der Waals surface area (Å²) in [5.74, 6) is 0.244. The first kappa shape index (κ1) is 16.1. The molecule has 0 amide bonds. The highest BCUT2D eigenvalue weighted by Gasteiger charge is 2.61. The van der Waals surface area contributed by atoms with Crippen molar-refractivity contribution < 1.29 is 4.74 Å². The monoisotopic (exact) mass is 318 g/mol. The maximum absolute atomic E-state index is 9.95. The molecule has 3 nitrogen and oxygen atoms in total. The van der Waals surface area contributed by atoms with Gasteiger partial charge in [-0.3, -0.25) is 0 Å². The van der Waals surface area contributed by atoms with Gasteiger partial charge in [0.1, 0.15) is 22.7 Å². The van der Waals surface area contributed by atoms with Gasteiger partial charge in [0.2, 0.25) is 0 Å². The van der Waals surface area contributed by atoms with Gasteiger partial charge in [0, 0.05) is 0 Å². The molecule has 0 fully saturated rings. The lowest BCUT2D eigenvalue weighted by Crippen LogP contribution is -2.50. The van der Waals surface area contributed by atoms with Gasteiger partial charge in [0.05, 0.1) is 0 Å². The minimum absolute atomic E-state index is 0.244. The molecule has 0 radical (unpaired) electrons. The molecule has 1 heterocycles. The number of benzene rings is 2. The van der Waals surface area contributed by atoms with E-state index >= 15 is 0 Å². The molecule has 0 aromatic heterocycles. The average molecular weight is 318 g/mol.